The van der Waals surface area contributed by atoms with Crippen molar-refractivity contribution in [3.05, 3.63) is 19.2 Å². The molecule has 0 saturated carbocycles. The van der Waals surface area contributed by atoms with Crippen LogP contribution in [0.2, 0.25) is 0 Å². The predicted octanol–water partition coefficient (Wildman–Crippen LogP) is 3.19. The first-order chi connectivity index (χ1) is 5.69. The minimum atomic E-state index is 0.262. The Hall–Kier alpha value is 0.580. The second kappa shape index (κ2) is 4.72. The molecule has 0 aromatic carbocycles. The van der Waals surface area contributed by atoms with Crippen LogP contribution >= 0.6 is 43.2 Å². The molecule has 68 valence electrons. The molecule has 1 unspecified atom stereocenters. The van der Waals surface area contributed by atoms with Gasteiger partial charge >= 0.3 is 0 Å². The molecule has 1 aromatic rings. The van der Waals surface area contributed by atoms with E-state index in [1.165, 1.54) is 4.88 Å². The van der Waals surface area contributed by atoms with Crippen LogP contribution in [0.5, 0.6) is 0 Å². The summed E-state index contributed by atoms with van der Waals surface area (Å²) in [6.07, 6.45) is 0.996. The van der Waals surface area contributed by atoms with Crippen LogP contribution in [0.25, 0.3) is 0 Å². The van der Waals surface area contributed by atoms with E-state index in [-0.39, 0.29) is 6.04 Å². The maximum Gasteiger partial charge on any atom is 0.0843 e. The highest BCUT2D eigenvalue weighted by Crippen LogP contribution is 2.35. The number of hydrazine groups is 1. The van der Waals surface area contributed by atoms with Crippen molar-refractivity contribution in [2.24, 2.45) is 5.84 Å². The Labute approximate surface area is 92.8 Å². The lowest BCUT2D eigenvalue weighted by Gasteiger charge is -2.09. The van der Waals surface area contributed by atoms with Crippen LogP contribution in [0.3, 0.4) is 0 Å². The molecule has 0 amide bonds. The summed E-state index contributed by atoms with van der Waals surface area (Å²) in [4.78, 5) is 1.25. The van der Waals surface area contributed by atoms with E-state index in [0.717, 1.165) is 14.7 Å². The monoisotopic (exact) mass is 312 g/mol. The summed E-state index contributed by atoms with van der Waals surface area (Å²) in [5.74, 6) is 5.40. The third kappa shape index (κ3) is 2.29. The molecule has 0 fully saturated rings. The molecule has 1 atom stereocenters. The van der Waals surface area contributed by atoms with Crippen molar-refractivity contribution in [1.29, 1.82) is 0 Å². The maximum atomic E-state index is 5.40. The van der Waals surface area contributed by atoms with Crippen molar-refractivity contribution in [3.8, 4) is 0 Å². The molecule has 5 heteroatoms. The highest BCUT2D eigenvalue weighted by atomic mass is 79.9. The van der Waals surface area contributed by atoms with Crippen LogP contribution in [0.1, 0.15) is 24.3 Å². The molecule has 0 bridgehead atoms. The highest BCUT2D eigenvalue weighted by Gasteiger charge is 2.11. The van der Waals surface area contributed by atoms with E-state index in [1.54, 1.807) is 11.3 Å². The standard InChI is InChI=1S/C7H10Br2N2S/c1-2-5(11-10)6-3-4(8)7(9)12-6/h3,5,11H,2,10H2,1H3. The van der Waals surface area contributed by atoms with E-state index >= 15 is 0 Å². The Morgan fingerprint density at radius 1 is 1.67 bits per heavy atom. The van der Waals surface area contributed by atoms with E-state index in [9.17, 15) is 0 Å². The number of halogens is 2. The van der Waals surface area contributed by atoms with E-state index in [0.29, 0.717) is 0 Å². The van der Waals surface area contributed by atoms with Gasteiger partial charge in [-0.25, -0.2) is 0 Å². The van der Waals surface area contributed by atoms with Crippen LogP contribution in [0, 0.1) is 0 Å². The molecule has 1 aromatic heterocycles. The lowest BCUT2D eigenvalue weighted by atomic mass is 10.2. The largest absolute Gasteiger partial charge is 0.271 e. The molecular weight excluding hydrogens is 304 g/mol. The summed E-state index contributed by atoms with van der Waals surface area (Å²) < 4.78 is 2.21. The van der Waals surface area contributed by atoms with Crippen molar-refractivity contribution < 1.29 is 0 Å². The maximum absolute atomic E-state index is 5.40. The van der Waals surface area contributed by atoms with Gasteiger partial charge in [0, 0.05) is 9.35 Å². The quantitative estimate of drug-likeness (QED) is 0.664. The number of rotatable bonds is 3. The normalized spacial score (nSPS) is 13.3. The van der Waals surface area contributed by atoms with Crippen molar-refractivity contribution in [2.45, 2.75) is 19.4 Å². The lowest BCUT2D eigenvalue weighted by Crippen LogP contribution is -2.26. The summed E-state index contributed by atoms with van der Waals surface area (Å²) in [5.41, 5.74) is 2.78. The average molecular weight is 314 g/mol. The summed E-state index contributed by atoms with van der Waals surface area (Å²) in [5, 5.41) is 0. The highest BCUT2D eigenvalue weighted by molar-refractivity contribution is 9.13. The predicted molar refractivity (Wildman–Crippen MR) is 60.1 cm³/mol. The number of nitrogens with two attached hydrogens (primary N) is 1. The summed E-state index contributed by atoms with van der Waals surface area (Å²) in [7, 11) is 0. The number of nitrogens with one attached hydrogen (secondary N) is 1. The van der Waals surface area contributed by atoms with Gasteiger partial charge in [0.25, 0.3) is 0 Å². The SMILES string of the molecule is CCC(NN)c1cc(Br)c(Br)s1. The van der Waals surface area contributed by atoms with E-state index in [4.69, 9.17) is 5.84 Å². The van der Waals surface area contributed by atoms with E-state index in [1.807, 2.05) is 0 Å². The van der Waals surface area contributed by atoms with Crippen LogP contribution < -0.4 is 11.3 Å². The molecule has 1 heterocycles. The Balaban J connectivity index is 2.86. The number of thiophene rings is 1. The molecule has 0 aliphatic rings. The van der Waals surface area contributed by atoms with Gasteiger partial charge in [-0.2, -0.15) is 0 Å². The van der Waals surface area contributed by atoms with Crippen LogP contribution in [0.15, 0.2) is 14.3 Å². The summed E-state index contributed by atoms with van der Waals surface area (Å²) >= 11 is 8.58. The van der Waals surface area contributed by atoms with Gasteiger partial charge in [-0.3, -0.25) is 11.3 Å². The Morgan fingerprint density at radius 2 is 2.33 bits per heavy atom. The molecule has 0 aliphatic heterocycles. The Kier molecular flexibility index (Phi) is 4.19. The zero-order valence-electron chi connectivity index (χ0n) is 6.60. The lowest BCUT2D eigenvalue weighted by molar-refractivity contribution is 0.547. The Bertz CT molecular complexity index is 238. The van der Waals surface area contributed by atoms with Crippen LogP contribution in [-0.2, 0) is 0 Å². The molecule has 2 nitrogen and oxygen atoms in total. The zero-order chi connectivity index (χ0) is 9.14. The van der Waals surface area contributed by atoms with Crippen molar-refractivity contribution >= 4 is 43.2 Å². The van der Waals surface area contributed by atoms with Gasteiger partial charge in [0.15, 0.2) is 0 Å². The fraction of sp³-hybridized carbons (Fsp3) is 0.429. The topological polar surface area (TPSA) is 38.0 Å². The van der Waals surface area contributed by atoms with Gasteiger partial charge in [0.1, 0.15) is 0 Å². The van der Waals surface area contributed by atoms with Gasteiger partial charge in [0.2, 0.25) is 0 Å². The first-order valence-corrected chi connectivity index (χ1v) is 6.00. The average Bonchev–Trinajstić information content (AvgIpc) is 2.35. The molecule has 0 aliphatic carbocycles. The van der Waals surface area contributed by atoms with Gasteiger partial charge in [-0.05, 0) is 44.3 Å². The fourth-order valence-corrected chi connectivity index (χ4v) is 3.17. The van der Waals surface area contributed by atoms with Gasteiger partial charge in [-0.15, -0.1) is 11.3 Å². The third-order valence-electron chi connectivity index (χ3n) is 1.62. The smallest absolute Gasteiger partial charge is 0.0843 e. The molecule has 12 heavy (non-hydrogen) atoms. The van der Waals surface area contributed by atoms with E-state index in [2.05, 4.69) is 50.3 Å². The number of hydrogen-bond donors (Lipinski definition) is 2. The minimum absolute atomic E-state index is 0.262. The molecule has 0 radical (unpaired) electrons. The minimum Gasteiger partial charge on any atom is -0.271 e. The van der Waals surface area contributed by atoms with Gasteiger partial charge in [0.05, 0.1) is 9.83 Å². The molecule has 3 N–H and O–H groups in total. The zero-order valence-corrected chi connectivity index (χ0v) is 10.6. The first kappa shape index (κ1) is 10.7. The van der Waals surface area contributed by atoms with Crippen LogP contribution in [-0.4, -0.2) is 0 Å². The second-order valence-corrected chi connectivity index (χ2v) is 5.65. The van der Waals surface area contributed by atoms with Gasteiger partial charge < -0.3 is 0 Å². The molecule has 0 spiro atoms. The molecule has 0 saturated heterocycles. The molecule has 1 rings (SSSR count). The van der Waals surface area contributed by atoms with E-state index < -0.39 is 0 Å². The second-order valence-electron chi connectivity index (χ2n) is 2.40. The van der Waals surface area contributed by atoms with Gasteiger partial charge in [-0.1, -0.05) is 6.92 Å². The summed E-state index contributed by atoms with van der Waals surface area (Å²) in [6.45, 7) is 2.10. The third-order valence-corrected chi connectivity index (χ3v) is 4.99. The number of hydrogen-bond acceptors (Lipinski definition) is 3. The molecular formula is C7H10Br2N2S. The first-order valence-electron chi connectivity index (χ1n) is 3.59. The van der Waals surface area contributed by atoms with Crippen molar-refractivity contribution in [1.82, 2.24) is 5.43 Å². The Morgan fingerprint density at radius 3 is 2.67 bits per heavy atom. The van der Waals surface area contributed by atoms with Crippen molar-refractivity contribution in [3.63, 3.8) is 0 Å². The summed E-state index contributed by atoms with van der Waals surface area (Å²) in [6, 6.07) is 2.35. The van der Waals surface area contributed by atoms with Crippen LogP contribution in [0.4, 0.5) is 0 Å². The fourth-order valence-electron chi connectivity index (χ4n) is 0.936. The van der Waals surface area contributed by atoms with Crippen molar-refractivity contribution in [2.75, 3.05) is 0 Å².